The second kappa shape index (κ2) is 22.6. The molecule has 16 nitrogen and oxygen atoms in total. The van der Waals surface area contributed by atoms with Gasteiger partial charge in [-0.2, -0.15) is 0 Å². The molecule has 0 saturated heterocycles. The molecule has 3 aliphatic rings. The Bertz CT molecular complexity index is 3610. The Balaban J connectivity index is 1.30. The Morgan fingerprint density at radius 2 is 0.697 bits per heavy atom. The van der Waals surface area contributed by atoms with E-state index in [-0.39, 0.29) is 0 Å². The lowest BCUT2D eigenvalue weighted by Crippen LogP contribution is -2.26. The molecule has 20 heteroatoms. The number of fused-ring (bicyclic) bond motifs is 20. The Hall–Kier alpha value is -6.48. The van der Waals surface area contributed by atoms with Gasteiger partial charge in [-0.3, -0.25) is 37.9 Å². The van der Waals surface area contributed by atoms with Gasteiger partial charge in [-0.25, -0.2) is 29.9 Å². The summed E-state index contributed by atoms with van der Waals surface area (Å²) >= 11 is 7.18. The van der Waals surface area contributed by atoms with E-state index in [9.17, 15) is 0 Å². The summed E-state index contributed by atoms with van der Waals surface area (Å²) in [7, 11) is 33.3. The minimum atomic E-state index is 0.540. The number of nitrogens with zero attached hydrogens (tertiary/aromatic N) is 14. The molecule has 3 aliphatic heterocycles. The van der Waals surface area contributed by atoms with Crippen molar-refractivity contribution in [2.45, 2.75) is 23.0 Å². The normalized spacial score (nSPS) is 11.6. The molecule has 394 valence electrons. The predicted octanol–water partition coefficient (Wildman–Crippen LogP) is 8.46. The average Bonchev–Trinajstić information content (AvgIpc) is 4.10. The van der Waals surface area contributed by atoms with Crippen molar-refractivity contribution in [2.75, 3.05) is 113 Å². The maximum Gasteiger partial charge on any atom is 0.307 e. The van der Waals surface area contributed by atoms with Gasteiger partial charge in [0, 0.05) is 67.2 Å². The van der Waals surface area contributed by atoms with Crippen molar-refractivity contribution in [3.63, 3.8) is 0 Å². The first-order valence-corrected chi connectivity index (χ1v) is 28.9. The largest absolute Gasteiger partial charge is 0.325 e. The van der Waals surface area contributed by atoms with Crippen LogP contribution in [0.3, 0.4) is 0 Å². The lowest BCUT2D eigenvalue weighted by Gasteiger charge is -2.11. The molecule has 76 heavy (non-hydrogen) atoms. The van der Waals surface area contributed by atoms with Crippen molar-refractivity contribution < 1.29 is 18.3 Å². The van der Waals surface area contributed by atoms with Crippen LogP contribution < -0.4 is 0 Å². The second-order valence-corrected chi connectivity index (χ2v) is 24.3. The summed E-state index contributed by atoms with van der Waals surface area (Å²) in [6, 6.07) is 26.3. The summed E-state index contributed by atoms with van der Waals surface area (Å²) in [5.74, 6) is 6.51. The fourth-order valence-corrected chi connectivity index (χ4v) is 13.5. The molecule has 5 heterocycles. The number of benzene rings is 4. The van der Waals surface area contributed by atoms with Crippen molar-refractivity contribution >= 4 is 89.8 Å². The standard InChI is InChI=1S/C56H70N16S4/c1-65(2)53(66(3)4)73-29-33-17-21-37-41(25-33)49-58-45(37)57-46-38-22-18-35(31-75-55(69(9)10)70(11)12)27-43(38)51(59-46)64-52-44-28-36(32-76-56(71(13)14)72(15)16)20-24-40(44)48(63-52)62-50-42-26-34(19-23-39(42)47(60-49)61-50)30-74-54(67(5)6)68(7)8/h17-28H,29-32H2,1-16H3,(H2,57,58,59,60,61,62,63,64)/q+4. The van der Waals surface area contributed by atoms with E-state index in [1.54, 1.807) is 47.0 Å². The summed E-state index contributed by atoms with van der Waals surface area (Å²) in [5, 5.41) is 6.60. The van der Waals surface area contributed by atoms with E-state index in [4.69, 9.17) is 29.9 Å². The van der Waals surface area contributed by atoms with Gasteiger partial charge in [0.05, 0.1) is 113 Å². The fourth-order valence-electron chi connectivity index (χ4n) is 9.57. The highest BCUT2D eigenvalue weighted by Gasteiger charge is 2.28. The van der Waals surface area contributed by atoms with E-state index in [2.05, 4.69) is 233 Å². The number of thioether (sulfide) groups is 4. The fraction of sp³-hybridized carbons (Fsp3) is 0.357. The number of aromatic nitrogens is 8. The molecule has 0 unspecified atom stereocenters. The highest BCUT2D eigenvalue weighted by molar-refractivity contribution is 8.13. The van der Waals surface area contributed by atoms with Crippen LogP contribution in [-0.2, 0) is 23.0 Å². The first-order chi connectivity index (χ1) is 36.2. The molecule has 2 N–H and O–H groups in total. The SMILES string of the molecule is CN(C)C(SCc1ccc2c(c1)-c1nc3nc(nc4nc([nH]c5[nH]c(nc-2n1)c1cc(CSC(N(C)C)=[N+](C)C)ccc51)-c1ccc(CSC(N(C)C)=[N+](C)C)cc1-4)-c1cc(CSC(N(C)C)=[N+](C)C)ccc1-3)=[N+](C)C. The van der Waals surface area contributed by atoms with Gasteiger partial charge in [-0.1, -0.05) is 48.5 Å². The van der Waals surface area contributed by atoms with Gasteiger partial charge in [0.1, 0.15) is 17.1 Å². The molecule has 9 rings (SSSR count). The van der Waals surface area contributed by atoms with Crippen LogP contribution in [0.1, 0.15) is 22.3 Å². The second-order valence-electron chi connectivity index (χ2n) is 20.6. The van der Waals surface area contributed by atoms with Gasteiger partial charge in [0.25, 0.3) is 0 Å². The zero-order chi connectivity index (χ0) is 54.3. The summed E-state index contributed by atoms with van der Waals surface area (Å²) in [5.41, 5.74) is 11.5. The molecule has 8 bridgehead atoms. The van der Waals surface area contributed by atoms with Gasteiger partial charge in [0.15, 0.2) is 29.1 Å². The van der Waals surface area contributed by atoms with Crippen molar-refractivity contribution in [1.29, 1.82) is 0 Å². The Morgan fingerprint density at radius 3 is 1.09 bits per heavy atom. The molecule has 0 radical (unpaired) electrons. The number of amidine groups is 4. The summed E-state index contributed by atoms with van der Waals surface area (Å²) in [6.07, 6.45) is 0. The molecule has 0 atom stereocenters. The van der Waals surface area contributed by atoms with Gasteiger partial charge >= 0.3 is 20.7 Å². The minimum absolute atomic E-state index is 0.540. The molecule has 0 amide bonds. The van der Waals surface area contributed by atoms with Crippen LogP contribution in [0.2, 0.25) is 0 Å². The molecular weight excluding hydrogens is 1020 g/mol. The third kappa shape index (κ3) is 11.5. The average molecular weight is 1100 g/mol. The third-order valence-electron chi connectivity index (χ3n) is 12.6. The Morgan fingerprint density at radius 1 is 0.368 bits per heavy atom. The number of nitrogens with one attached hydrogen (secondary N) is 2. The van der Waals surface area contributed by atoms with Crippen LogP contribution in [0.25, 0.3) is 90.4 Å². The number of H-pyrrole nitrogens is 2. The van der Waals surface area contributed by atoms with Crippen LogP contribution in [-0.4, -0.2) is 211 Å². The number of hydrogen-bond acceptors (Lipinski definition) is 10. The van der Waals surface area contributed by atoms with Crippen LogP contribution in [0.15, 0.2) is 72.8 Å². The Kier molecular flexibility index (Phi) is 16.2. The Labute approximate surface area is 464 Å². The zero-order valence-electron chi connectivity index (χ0n) is 46.7. The van der Waals surface area contributed by atoms with Crippen LogP contribution in [0.5, 0.6) is 0 Å². The van der Waals surface area contributed by atoms with E-state index in [0.29, 0.717) is 40.6 Å². The van der Waals surface area contributed by atoms with Crippen LogP contribution >= 0.6 is 47.0 Å². The monoisotopic (exact) mass is 1090 g/mol. The molecule has 6 aromatic rings. The van der Waals surface area contributed by atoms with E-state index in [1.807, 2.05) is 0 Å². The maximum atomic E-state index is 5.44. The number of aromatic amines is 2. The van der Waals surface area contributed by atoms with Crippen molar-refractivity contribution in [3.05, 3.63) is 95.1 Å². The summed E-state index contributed by atoms with van der Waals surface area (Å²) < 4.78 is 8.60. The van der Waals surface area contributed by atoms with Gasteiger partial charge in [-0.15, -0.1) is 0 Å². The quantitative estimate of drug-likeness (QED) is 0.0857. The lowest BCUT2D eigenvalue weighted by atomic mass is 10.0. The minimum Gasteiger partial charge on any atom is -0.325 e. The molecule has 4 aromatic carbocycles. The van der Waals surface area contributed by atoms with E-state index in [0.717, 1.165) is 105 Å². The topological polar surface area (TPSA) is 134 Å². The molecule has 0 fully saturated rings. The molecule has 0 aliphatic carbocycles. The molecule has 0 saturated carbocycles. The highest BCUT2D eigenvalue weighted by atomic mass is 32.2. The van der Waals surface area contributed by atoms with E-state index < -0.39 is 0 Å². The number of rotatable bonds is 8. The smallest absolute Gasteiger partial charge is 0.307 e. The number of hydrogen-bond donors (Lipinski definition) is 2. The zero-order valence-corrected chi connectivity index (χ0v) is 49.9. The molecular formula is C56H70N16S4+4. The van der Waals surface area contributed by atoms with Crippen molar-refractivity contribution in [2.24, 2.45) is 0 Å². The van der Waals surface area contributed by atoms with Crippen LogP contribution in [0.4, 0.5) is 0 Å². The predicted molar refractivity (Wildman–Crippen MR) is 323 cm³/mol. The van der Waals surface area contributed by atoms with Crippen molar-refractivity contribution in [1.82, 2.24) is 59.5 Å². The molecule has 0 spiro atoms. The van der Waals surface area contributed by atoms with E-state index >= 15 is 0 Å². The van der Waals surface area contributed by atoms with Gasteiger partial charge in [-0.05, 0) is 93.6 Å². The third-order valence-corrected chi connectivity index (χ3v) is 18.5. The maximum absolute atomic E-state index is 5.44. The van der Waals surface area contributed by atoms with Gasteiger partial charge in [0.2, 0.25) is 0 Å². The first kappa shape index (κ1) is 54.3. The van der Waals surface area contributed by atoms with E-state index in [1.165, 1.54) is 10.7 Å². The summed E-state index contributed by atoms with van der Waals surface area (Å²) in [4.78, 5) is 48.3. The van der Waals surface area contributed by atoms with Gasteiger partial charge < -0.3 is 9.97 Å². The van der Waals surface area contributed by atoms with Crippen LogP contribution in [0, 0.1) is 0 Å². The lowest BCUT2D eigenvalue weighted by molar-refractivity contribution is -0.466. The first-order valence-electron chi connectivity index (χ1n) is 25.0. The summed E-state index contributed by atoms with van der Waals surface area (Å²) in [6.45, 7) is 0. The van der Waals surface area contributed by atoms with Crippen molar-refractivity contribution in [3.8, 4) is 68.3 Å². The highest BCUT2D eigenvalue weighted by Crippen LogP contribution is 2.41. The molecule has 2 aromatic heterocycles.